The predicted octanol–water partition coefficient (Wildman–Crippen LogP) is 2.37. The number of aromatic hydroxyl groups is 1. The largest absolute Gasteiger partial charge is 0.504 e. The minimum Gasteiger partial charge on any atom is -0.504 e. The van der Waals surface area contributed by atoms with E-state index in [1.54, 1.807) is 19.1 Å². The first-order valence-corrected chi connectivity index (χ1v) is 6.22. The summed E-state index contributed by atoms with van der Waals surface area (Å²) in [7, 11) is 1.44. The predicted molar refractivity (Wildman–Crippen MR) is 72.7 cm³/mol. The molecule has 0 aromatic heterocycles. The monoisotopic (exact) mass is 270 g/mol. The maximum Gasteiger partial charge on any atom is 0.310 e. The lowest BCUT2D eigenvalue weighted by Crippen LogP contribution is -2.11. The zero-order valence-corrected chi connectivity index (χ0v) is 11.6. The van der Waals surface area contributed by atoms with E-state index in [1.807, 2.05) is 6.92 Å². The van der Waals surface area contributed by atoms with Crippen molar-refractivity contribution in [1.82, 2.24) is 0 Å². The zero-order valence-electron chi connectivity index (χ0n) is 11.6. The topological polar surface area (TPSA) is 87.0 Å². The lowest BCUT2D eigenvalue weighted by molar-refractivity contribution is -0.139. The summed E-state index contributed by atoms with van der Waals surface area (Å²) in [5.41, 5.74) is 0.656. The molecule has 0 fully saturated rings. The molecule has 3 N–H and O–H groups in total. The summed E-state index contributed by atoms with van der Waals surface area (Å²) in [6, 6.07) is 4.65. The van der Waals surface area contributed by atoms with Gasteiger partial charge in [-0.1, -0.05) is 19.4 Å². The van der Waals surface area contributed by atoms with Crippen molar-refractivity contribution in [3.05, 3.63) is 23.8 Å². The SMILES string of the molecule is CCCC(C(=O)O)c1ccc(O)c(OC)c1.CCO. The summed E-state index contributed by atoms with van der Waals surface area (Å²) in [4.78, 5) is 11.1. The van der Waals surface area contributed by atoms with E-state index >= 15 is 0 Å². The molecule has 0 saturated heterocycles. The first kappa shape index (κ1) is 17.2. The second kappa shape index (κ2) is 9.22. The number of aliphatic hydroxyl groups is 1. The number of rotatable bonds is 5. The zero-order chi connectivity index (χ0) is 14.8. The molecule has 0 aliphatic heterocycles. The summed E-state index contributed by atoms with van der Waals surface area (Å²) in [5.74, 6) is -1.07. The third-order valence-electron chi connectivity index (χ3n) is 2.48. The number of carboxylic acid groups (broad SMARTS) is 1. The fraction of sp³-hybridized carbons (Fsp3) is 0.500. The number of methoxy groups -OCH3 is 1. The van der Waals surface area contributed by atoms with Gasteiger partial charge in [-0.3, -0.25) is 4.79 Å². The molecule has 0 bridgehead atoms. The third-order valence-corrected chi connectivity index (χ3v) is 2.48. The first-order chi connectivity index (χ1) is 9.01. The molecule has 0 heterocycles. The molecule has 0 saturated carbocycles. The van der Waals surface area contributed by atoms with Crippen molar-refractivity contribution in [3.8, 4) is 11.5 Å². The molecule has 0 radical (unpaired) electrons. The van der Waals surface area contributed by atoms with Crippen LogP contribution in [0.5, 0.6) is 11.5 Å². The van der Waals surface area contributed by atoms with E-state index in [2.05, 4.69) is 0 Å². The Labute approximate surface area is 113 Å². The van der Waals surface area contributed by atoms with Crippen LogP contribution in [0, 0.1) is 0 Å². The van der Waals surface area contributed by atoms with Crippen LogP contribution in [0.1, 0.15) is 38.2 Å². The van der Waals surface area contributed by atoms with Crippen LogP contribution in [0.4, 0.5) is 0 Å². The van der Waals surface area contributed by atoms with Crippen LogP contribution in [0.15, 0.2) is 18.2 Å². The molecule has 5 nitrogen and oxygen atoms in total. The van der Waals surface area contributed by atoms with Crippen LogP contribution in [0.2, 0.25) is 0 Å². The minimum atomic E-state index is -0.852. The molecule has 0 amide bonds. The smallest absolute Gasteiger partial charge is 0.310 e. The summed E-state index contributed by atoms with van der Waals surface area (Å²) < 4.78 is 4.95. The van der Waals surface area contributed by atoms with Gasteiger partial charge in [0.2, 0.25) is 0 Å². The Morgan fingerprint density at radius 2 is 1.95 bits per heavy atom. The lowest BCUT2D eigenvalue weighted by Gasteiger charge is -2.13. The van der Waals surface area contributed by atoms with Crippen molar-refractivity contribution in [1.29, 1.82) is 0 Å². The van der Waals surface area contributed by atoms with Crippen molar-refractivity contribution in [2.75, 3.05) is 13.7 Å². The number of aliphatic hydroxyl groups excluding tert-OH is 1. The van der Waals surface area contributed by atoms with Crippen molar-refractivity contribution in [2.45, 2.75) is 32.6 Å². The number of aliphatic carboxylic acids is 1. The van der Waals surface area contributed by atoms with Gasteiger partial charge in [0.05, 0.1) is 13.0 Å². The average molecular weight is 270 g/mol. The molecule has 1 aromatic carbocycles. The van der Waals surface area contributed by atoms with Crippen molar-refractivity contribution >= 4 is 5.97 Å². The molecule has 0 spiro atoms. The lowest BCUT2D eigenvalue weighted by atomic mass is 9.94. The number of hydrogen-bond donors (Lipinski definition) is 3. The first-order valence-electron chi connectivity index (χ1n) is 6.22. The number of benzene rings is 1. The van der Waals surface area contributed by atoms with Gasteiger partial charge in [0.15, 0.2) is 11.5 Å². The highest BCUT2D eigenvalue weighted by Gasteiger charge is 2.19. The highest BCUT2D eigenvalue weighted by molar-refractivity contribution is 5.76. The molecule has 0 aliphatic carbocycles. The molecule has 1 unspecified atom stereocenters. The molecule has 1 atom stereocenters. The van der Waals surface area contributed by atoms with E-state index in [-0.39, 0.29) is 12.4 Å². The van der Waals surface area contributed by atoms with Gasteiger partial charge in [-0.05, 0) is 31.0 Å². The number of phenols is 1. The Balaban J connectivity index is 0.000000982. The van der Waals surface area contributed by atoms with Gasteiger partial charge in [0, 0.05) is 6.61 Å². The Bertz CT molecular complexity index is 389. The highest BCUT2D eigenvalue weighted by Crippen LogP contribution is 2.31. The van der Waals surface area contributed by atoms with Gasteiger partial charge < -0.3 is 20.1 Å². The standard InChI is InChI=1S/C12H16O4.C2H6O/c1-3-4-9(12(14)15)8-5-6-10(13)11(7-8)16-2;1-2-3/h5-7,9,13H,3-4H2,1-2H3,(H,14,15);3H,2H2,1H3. The van der Waals surface area contributed by atoms with Gasteiger partial charge in [0.25, 0.3) is 0 Å². The molecule has 1 aromatic rings. The molecule has 0 aliphatic rings. The third kappa shape index (κ3) is 5.61. The summed E-state index contributed by atoms with van der Waals surface area (Å²) >= 11 is 0. The van der Waals surface area contributed by atoms with Gasteiger partial charge in [-0.25, -0.2) is 0 Å². The van der Waals surface area contributed by atoms with Crippen LogP contribution in [-0.4, -0.2) is 35.0 Å². The summed E-state index contributed by atoms with van der Waals surface area (Å²) in [5, 5.41) is 26.1. The van der Waals surface area contributed by atoms with Crippen LogP contribution in [0.3, 0.4) is 0 Å². The Morgan fingerprint density at radius 3 is 2.37 bits per heavy atom. The molecule has 5 heteroatoms. The number of carbonyl (C=O) groups is 1. The van der Waals surface area contributed by atoms with E-state index in [4.69, 9.17) is 14.9 Å². The summed E-state index contributed by atoms with van der Waals surface area (Å²) in [6.45, 7) is 3.87. The number of hydrogen-bond acceptors (Lipinski definition) is 4. The van der Waals surface area contributed by atoms with E-state index < -0.39 is 11.9 Å². The number of ether oxygens (including phenoxy) is 1. The molecule has 1 rings (SSSR count). The van der Waals surface area contributed by atoms with Crippen molar-refractivity contribution in [3.63, 3.8) is 0 Å². The molecular formula is C14H22O5. The minimum absolute atomic E-state index is 0.0203. The van der Waals surface area contributed by atoms with Crippen molar-refractivity contribution < 1.29 is 24.9 Å². The maximum absolute atomic E-state index is 11.1. The number of phenolic OH excluding ortho intramolecular Hbond substituents is 1. The van der Waals surface area contributed by atoms with E-state index in [9.17, 15) is 9.90 Å². The molecule has 108 valence electrons. The summed E-state index contributed by atoms with van der Waals surface area (Å²) in [6.07, 6.45) is 1.36. The Morgan fingerprint density at radius 1 is 1.37 bits per heavy atom. The van der Waals surface area contributed by atoms with E-state index in [0.717, 1.165) is 6.42 Å². The van der Waals surface area contributed by atoms with E-state index in [1.165, 1.54) is 13.2 Å². The van der Waals surface area contributed by atoms with Gasteiger partial charge >= 0.3 is 5.97 Å². The fourth-order valence-corrected chi connectivity index (χ4v) is 1.63. The molecule has 19 heavy (non-hydrogen) atoms. The Kier molecular flexibility index (Phi) is 8.37. The van der Waals surface area contributed by atoms with Gasteiger partial charge in [-0.2, -0.15) is 0 Å². The van der Waals surface area contributed by atoms with Crippen LogP contribution < -0.4 is 4.74 Å². The van der Waals surface area contributed by atoms with Gasteiger partial charge in [-0.15, -0.1) is 0 Å². The Hall–Kier alpha value is -1.75. The van der Waals surface area contributed by atoms with E-state index in [0.29, 0.717) is 17.7 Å². The second-order valence-corrected chi connectivity index (χ2v) is 3.93. The van der Waals surface area contributed by atoms with Crippen molar-refractivity contribution in [2.24, 2.45) is 0 Å². The molecular weight excluding hydrogens is 248 g/mol. The van der Waals surface area contributed by atoms with Crippen LogP contribution in [0.25, 0.3) is 0 Å². The normalized spacial score (nSPS) is 11.2. The fourth-order valence-electron chi connectivity index (χ4n) is 1.63. The quantitative estimate of drug-likeness (QED) is 0.764. The second-order valence-electron chi connectivity index (χ2n) is 3.93. The highest BCUT2D eigenvalue weighted by atomic mass is 16.5. The number of carboxylic acids is 1. The maximum atomic E-state index is 11.1. The van der Waals surface area contributed by atoms with Crippen LogP contribution in [-0.2, 0) is 4.79 Å². The van der Waals surface area contributed by atoms with Crippen LogP contribution >= 0.6 is 0 Å². The van der Waals surface area contributed by atoms with Gasteiger partial charge in [0.1, 0.15) is 0 Å². The average Bonchev–Trinajstić information content (AvgIpc) is 2.37.